The summed E-state index contributed by atoms with van der Waals surface area (Å²) >= 11 is 1.70. The Balaban J connectivity index is 1.75. The molecule has 1 nitrogen and oxygen atoms in total. The van der Waals surface area contributed by atoms with E-state index in [1.54, 1.807) is 11.3 Å². The van der Waals surface area contributed by atoms with E-state index in [1.807, 2.05) is 6.07 Å². The Kier molecular flexibility index (Phi) is 2.48. The lowest BCUT2D eigenvalue weighted by Gasteiger charge is -2.15. The summed E-state index contributed by atoms with van der Waals surface area (Å²) < 4.78 is 0. The summed E-state index contributed by atoms with van der Waals surface area (Å²) in [7, 11) is 0. The predicted octanol–water partition coefficient (Wildman–Crippen LogP) is 4.27. The summed E-state index contributed by atoms with van der Waals surface area (Å²) in [5.74, 6) is 2.54. The summed E-state index contributed by atoms with van der Waals surface area (Å²) in [6.45, 7) is 6.62. The molecule has 0 spiro atoms. The highest BCUT2D eigenvalue weighted by Gasteiger charge is 2.48. The van der Waals surface area contributed by atoms with E-state index in [4.69, 9.17) is 0 Å². The van der Waals surface area contributed by atoms with E-state index in [1.165, 1.54) is 11.3 Å². The zero-order valence-electron chi connectivity index (χ0n) is 10.8. The topological polar surface area (TPSA) is 17.1 Å². The number of carbonyl (C=O) groups excluding carboxylic acids is 1. The molecular formula is C15H20OS. The number of thiophene rings is 1. The van der Waals surface area contributed by atoms with E-state index >= 15 is 0 Å². The van der Waals surface area contributed by atoms with Gasteiger partial charge in [0.15, 0.2) is 5.78 Å². The van der Waals surface area contributed by atoms with Gasteiger partial charge in [0, 0.05) is 10.8 Å². The first-order valence-corrected chi connectivity index (χ1v) is 7.41. The summed E-state index contributed by atoms with van der Waals surface area (Å²) in [5.41, 5.74) is 0.168. The summed E-state index contributed by atoms with van der Waals surface area (Å²) in [6.07, 6.45) is 3.71. The molecule has 3 rings (SSSR count). The van der Waals surface area contributed by atoms with Gasteiger partial charge in [0.25, 0.3) is 0 Å². The molecule has 1 aromatic rings. The number of ketones is 1. The van der Waals surface area contributed by atoms with Gasteiger partial charge in [-0.3, -0.25) is 4.79 Å². The van der Waals surface area contributed by atoms with Crippen LogP contribution in [0.3, 0.4) is 0 Å². The maximum Gasteiger partial charge on any atom is 0.175 e. The average molecular weight is 248 g/mol. The standard InChI is InChI=1S/C15H20OS/c1-15(2,3)13-5-4-12(17-13)14(16)11-7-9-6-10(9)8-11/h4-5,9-11H,6-8H2,1-3H3. The maximum absolute atomic E-state index is 12.4. The third-order valence-corrected chi connectivity index (χ3v) is 5.73. The van der Waals surface area contributed by atoms with E-state index < -0.39 is 0 Å². The number of Topliss-reactive ketones (excluding diaryl/α,β-unsaturated/α-hetero) is 1. The molecule has 0 saturated heterocycles. The summed E-state index contributed by atoms with van der Waals surface area (Å²) in [4.78, 5) is 14.7. The molecule has 0 aliphatic heterocycles. The van der Waals surface area contributed by atoms with Crippen LogP contribution < -0.4 is 0 Å². The van der Waals surface area contributed by atoms with E-state index in [0.717, 1.165) is 29.6 Å². The van der Waals surface area contributed by atoms with Gasteiger partial charge in [-0.2, -0.15) is 0 Å². The van der Waals surface area contributed by atoms with Crippen molar-refractivity contribution in [2.45, 2.75) is 45.4 Å². The largest absolute Gasteiger partial charge is 0.293 e. The molecule has 0 radical (unpaired) electrons. The number of fused-ring (bicyclic) bond motifs is 1. The Labute approximate surface area is 107 Å². The highest BCUT2D eigenvalue weighted by Crippen LogP contribution is 2.55. The summed E-state index contributed by atoms with van der Waals surface area (Å²) in [6, 6.07) is 4.17. The number of rotatable bonds is 2. The van der Waals surface area contributed by atoms with Gasteiger partial charge < -0.3 is 0 Å². The fourth-order valence-corrected chi connectivity index (χ4v) is 4.09. The van der Waals surface area contributed by atoms with E-state index in [0.29, 0.717) is 11.7 Å². The molecule has 2 fully saturated rings. The Morgan fingerprint density at radius 2 is 1.82 bits per heavy atom. The van der Waals surface area contributed by atoms with E-state index in [9.17, 15) is 4.79 Å². The van der Waals surface area contributed by atoms with Crippen LogP contribution in [0.1, 0.15) is 54.6 Å². The second-order valence-electron chi connectivity index (χ2n) is 6.70. The van der Waals surface area contributed by atoms with Crippen molar-refractivity contribution in [2.24, 2.45) is 17.8 Å². The van der Waals surface area contributed by atoms with Crippen molar-refractivity contribution >= 4 is 17.1 Å². The zero-order valence-corrected chi connectivity index (χ0v) is 11.6. The van der Waals surface area contributed by atoms with Crippen molar-refractivity contribution in [3.05, 3.63) is 21.9 Å². The molecule has 2 heteroatoms. The SMILES string of the molecule is CC(C)(C)c1ccc(C(=O)C2CC3CC3C2)s1. The van der Waals surface area contributed by atoms with Gasteiger partial charge in [0.2, 0.25) is 0 Å². The highest BCUT2D eigenvalue weighted by atomic mass is 32.1. The molecule has 1 aromatic heterocycles. The first-order chi connectivity index (χ1) is 7.95. The van der Waals surface area contributed by atoms with Gasteiger partial charge in [-0.15, -0.1) is 11.3 Å². The minimum absolute atomic E-state index is 0.168. The Morgan fingerprint density at radius 1 is 1.18 bits per heavy atom. The monoisotopic (exact) mass is 248 g/mol. The van der Waals surface area contributed by atoms with Crippen LogP contribution in [0.15, 0.2) is 12.1 Å². The van der Waals surface area contributed by atoms with Crippen molar-refractivity contribution < 1.29 is 4.79 Å². The Morgan fingerprint density at radius 3 is 2.35 bits per heavy atom. The van der Waals surface area contributed by atoms with Crippen LogP contribution in [0.4, 0.5) is 0 Å². The molecule has 0 N–H and O–H groups in total. The number of hydrogen-bond donors (Lipinski definition) is 0. The lowest BCUT2D eigenvalue weighted by atomic mass is 9.94. The third-order valence-electron chi connectivity index (χ3n) is 4.20. The molecule has 0 bridgehead atoms. The second-order valence-corrected chi connectivity index (χ2v) is 7.79. The maximum atomic E-state index is 12.4. The zero-order chi connectivity index (χ0) is 12.2. The molecule has 2 unspecified atom stereocenters. The molecular weight excluding hydrogens is 228 g/mol. The average Bonchev–Trinajstić information content (AvgIpc) is 2.71. The molecule has 92 valence electrons. The van der Waals surface area contributed by atoms with Crippen LogP contribution in [0.25, 0.3) is 0 Å². The lowest BCUT2D eigenvalue weighted by Crippen LogP contribution is -2.11. The minimum Gasteiger partial charge on any atom is -0.293 e. The normalized spacial score (nSPS) is 31.4. The highest BCUT2D eigenvalue weighted by molar-refractivity contribution is 7.14. The van der Waals surface area contributed by atoms with Gasteiger partial charge >= 0.3 is 0 Å². The smallest absolute Gasteiger partial charge is 0.175 e. The molecule has 2 atom stereocenters. The Bertz CT molecular complexity index is 442. The predicted molar refractivity (Wildman–Crippen MR) is 71.7 cm³/mol. The van der Waals surface area contributed by atoms with E-state index in [2.05, 4.69) is 26.8 Å². The third kappa shape index (κ3) is 2.08. The van der Waals surface area contributed by atoms with Crippen LogP contribution >= 0.6 is 11.3 Å². The molecule has 2 aliphatic rings. The fraction of sp³-hybridized carbons (Fsp3) is 0.667. The van der Waals surface area contributed by atoms with Crippen molar-refractivity contribution in [1.29, 1.82) is 0 Å². The van der Waals surface area contributed by atoms with Crippen molar-refractivity contribution in [3.63, 3.8) is 0 Å². The number of hydrogen-bond acceptors (Lipinski definition) is 2. The molecule has 1 heterocycles. The molecule has 0 aromatic carbocycles. The summed E-state index contributed by atoms with van der Waals surface area (Å²) in [5, 5.41) is 0. The Hall–Kier alpha value is -0.630. The number of carbonyl (C=O) groups is 1. The van der Waals surface area contributed by atoms with Crippen LogP contribution in [-0.2, 0) is 5.41 Å². The van der Waals surface area contributed by atoms with Gasteiger partial charge in [-0.05, 0) is 48.6 Å². The van der Waals surface area contributed by atoms with Crippen molar-refractivity contribution in [1.82, 2.24) is 0 Å². The molecule has 2 saturated carbocycles. The van der Waals surface area contributed by atoms with Crippen LogP contribution in [0, 0.1) is 17.8 Å². The lowest BCUT2D eigenvalue weighted by molar-refractivity contribution is 0.0918. The second kappa shape index (κ2) is 3.68. The van der Waals surface area contributed by atoms with Crippen molar-refractivity contribution in [2.75, 3.05) is 0 Å². The molecule has 2 aliphatic carbocycles. The minimum atomic E-state index is 0.168. The fourth-order valence-electron chi connectivity index (χ4n) is 3.00. The van der Waals surface area contributed by atoms with Gasteiger partial charge in [0.1, 0.15) is 0 Å². The quantitative estimate of drug-likeness (QED) is 0.714. The molecule has 0 amide bonds. The van der Waals surface area contributed by atoms with Gasteiger partial charge in [-0.1, -0.05) is 20.8 Å². The van der Waals surface area contributed by atoms with Crippen molar-refractivity contribution in [3.8, 4) is 0 Å². The van der Waals surface area contributed by atoms with Crippen LogP contribution in [-0.4, -0.2) is 5.78 Å². The molecule has 17 heavy (non-hydrogen) atoms. The van der Waals surface area contributed by atoms with Crippen LogP contribution in [0.5, 0.6) is 0 Å². The van der Waals surface area contributed by atoms with E-state index in [-0.39, 0.29) is 5.41 Å². The van der Waals surface area contributed by atoms with Crippen LogP contribution in [0.2, 0.25) is 0 Å². The first kappa shape index (κ1) is 11.5. The van der Waals surface area contributed by atoms with Gasteiger partial charge in [-0.25, -0.2) is 0 Å². The first-order valence-electron chi connectivity index (χ1n) is 6.59. The van der Waals surface area contributed by atoms with Gasteiger partial charge in [0.05, 0.1) is 4.88 Å².